The van der Waals surface area contributed by atoms with Gasteiger partial charge in [0.15, 0.2) is 0 Å². The molecular weight excluding hydrogens is 405 g/mol. The highest BCUT2D eigenvalue weighted by molar-refractivity contribution is 6.75. The summed E-state index contributed by atoms with van der Waals surface area (Å²) >= 11 is 14.4. The fourth-order valence-corrected chi connectivity index (χ4v) is 1.04. The van der Waals surface area contributed by atoms with E-state index in [1.807, 2.05) is 0 Å². The summed E-state index contributed by atoms with van der Waals surface area (Å²) < 4.78 is 37.2. The van der Waals surface area contributed by atoms with Gasteiger partial charge in [-0.1, -0.05) is 46.9 Å². The van der Waals surface area contributed by atoms with Crippen molar-refractivity contribution in [1.82, 2.24) is 0 Å². The summed E-state index contributed by atoms with van der Waals surface area (Å²) in [5.41, 5.74) is -0.502. The molecule has 0 aliphatic carbocycles. The molecule has 1 N–H and O–H groups in total. The Kier molecular flexibility index (Phi) is 8.24. The first-order chi connectivity index (χ1) is 10.8. The van der Waals surface area contributed by atoms with Crippen LogP contribution in [0.4, 0.5) is 18.9 Å². The van der Waals surface area contributed by atoms with Gasteiger partial charge in [-0.15, -0.1) is 0 Å². The molecule has 24 heavy (non-hydrogen) atoms. The lowest BCUT2D eigenvalue weighted by Gasteiger charge is -2.07. The van der Waals surface area contributed by atoms with E-state index >= 15 is 0 Å². The number of carboxylic acids is 1. The van der Waals surface area contributed by atoms with E-state index in [0.717, 1.165) is 6.07 Å². The minimum atomic E-state index is -5.11. The maximum absolute atomic E-state index is 11.8. The van der Waals surface area contributed by atoms with Crippen molar-refractivity contribution in [3.63, 3.8) is 0 Å². The molecule has 0 fully saturated rings. The van der Waals surface area contributed by atoms with Crippen LogP contribution in [-0.4, -0.2) is 31.9 Å². The Morgan fingerprint density at radius 2 is 1.67 bits per heavy atom. The first kappa shape index (κ1) is 22.2. The predicted molar refractivity (Wildman–Crippen MR) is 76.9 cm³/mol. The number of carbonyl (C=O) groups is 2. The van der Waals surface area contributed by atoms with Gasteiger partial charge in [0.25, 0.3) is 9.48 Å². The smallest absolute Gasteiger partial charge is 0.478 e. The van der Waals surface area contributed by atoms with Crippen LogP contribution < -0.4 is 0 Å². The number of nitro benzene ring substituents is 1. The van der Waals surface area contributed by atoms with Gasteiger partial charge >= 0.3 is 18.1 Å². The van der Waals surface area contributed by atoms with Gasteiger partial charge in [-0.05, 0) is 6.07 Å². The molecule has 0 aromatic heterocycles. The Morgan fingerprint density at radius 3 is 2.04 bits per heavy atom. The van der Waals surface area contributed by atoms with E-state index in [1.165, 1.54) is 18.2 Å². The first-order valence-corrected chi connectivity index (χ1v) is 6.66. The molecule has 1 aromatic rings. The zero-order valence-corrected chi connectivity index (χ0v) is 13.5. The third kappa shape index (κ3) is 8.18. The molecule has 0 saturated carbocycles. The molecule has 1 aromatic carbocycles. The molecule has 0 unspecified atom stereocenters. The molecule has 7 nitrogen and oxygen atoms in total. The molecule has 134 valence electrons. The molecule has 0 heterocycles. The quantitative estimate of drug-likeness (QED) is 0.351. The van der Waals surface area contributed by atoms with Crippen molar-refractivity contribution in [3.05, 3.63) is 39.9 Å². The Morgan fingerprint density at radius 1 is 1.21 bits per heavy atom. The topological polar surface area (TPSA) is 107 Å². The van der Waals surface area contributed by atoms with Crippen molar-refractivity contribution in [2.75, 3.05) is 0 Å². The van der Waals surface area contributed by atoms with Crippen LogP contribution in [-0.2, 0) is 20.9 Å². The number of alkyl halides is 6. The maximum atomic E-state index is 11.8. The summed E-state index contributed by atoms with van der Waals surface area (Å²) in [5, 5.41) is 18.4. The number of nitro groups is 1. The number of nitrogens with zero attached hydrogens (tertiary/aromatic N) is 1. The summed E-state index contributed by atoms with van der Waals surface area (Å²) in [6, 6.07) is 5.06. The minimum absolute atomic E-state index is 0.102. The monoisotopic (exact) mass is 411 g/mol. The van der Waals surface area contributed by atoms with E-state index in [2.05, 4.69) is 4.74 Å². The number of rotatable bonds is 3. The van der Waals surface area contributed by atoms with Gasteiger partial charge in [-0.3, -0.25) is 10.1 Å². The number of halogens is 6. The summed E-state index contributed by atoms with van der Waals surface area (Å²) in [6.07, 6.45) is -5.11. The normalized spacial score (nSPS) is 11.1. The molecule has 0 radical (unpaired) electrons. The Balaban J connectivity index is 0.000000640. The van der Waals surface area contributed by atoms with Crippen molar-refractivity contribution >= 4 is 52.4 Å². The van der Waals surface area contributed by atoms with E-state index < -0.39 is 39.1 Å². The van der Waals surface area contributed by atoms with Crippen molar-refractivity contribution in [3.8, 4) is 0 Å². The number of hydrogen-bond acceptors (Lipinski definition) is 5. The summed E-state index contributed by atoms with van der Waals surface area (Å²) in [4.78, 5) is 29.8. The lowest BCUT2D eigenvalue weighted by atomic mass is 10.2. The number of benzene rings is 1. The first-order valence-electron chi connectivity index (χ1n) is 5.53. The van der Waals surface area contributed by atoms with Crippen molar-refractivity contribution in [2.24, 2.45) is 0 Å². The molecule has 13 heteroatoms. The molecule has 0 saturated heterocycles. The Bertz CT molecular complexity index is 618. The largest absolute Gasteiger partial charge is 0.490 e. The highest BCUT2D eigenvalue weighted by Gasteiger charge is 2.41. The highest BCUT2D eigenvalue weighted by Crippen LogP contribution is 2.25. The number of esters is 1. The fraction of sp³-hybridized carbons (Fsp3) is 0.273. The van der Waals surface area contributed by atoms with Gasteiger partial charge in [-0.2, -0.15) is 13.2 Å². The van der Waals surface area contributed by atoms with Gasteiger partial charge < -0.3 is 9.84 Å². The molecule has 0 amide bonds. The lowest BCUT2D eigenvalue weighted by molar-refractivity contribution is -0.385. The van der Waals surface area contributed by atoms with Crippen LogP contribution in [0.1, 0.15) is 5.56 Å². The van der Waals surface area contributed by atoms with Gasteiger partial charge in [0.05, 0.1) is 10.5 Å². The van der Waals surface area contributed by atoms with Crippen LogP contribution in [0.15, 0.2) is 24.3 Å². The molecule has 0 spiro atoms. The fourth-order valence-electron chi connectivity index (χ4n) is 1.04. The van der Waals surface area contributed by atoms with Crippen LogP contribution in [0.25, 0.3) is 0 Å². The van der Waals surface area contributed by atoms with Crippen LogP contribution >= 0.6 is 34.8 Å². The standard InChI is InChI=1S/C9H6F3NO4.C2HCl3O2/c10-9(11,12)8(14)17-5-6-3-1-2-4-7(6)13(15)16;3-2(4,5)1(6)7/h1-4H,5H2;(H,6,7). The minimum Gasteiger partial charge on any atom is -0.478 e. The van der Waals surface area contributed by atoms with Crippen molar-refractivity contribution < 1.29 is 37.5 Å². The van der Waals surface area contributed by atoms with Gasteiger partial charge in [0.2, 0.25) is 0 Å². The van der Waals surface area contributed by atoms with Crippen LogP contribution in [0.2, 0.25) is 0 Å². The molecule has 0 aliphatic rings. The summed E-state index contributed by atoms with van der Waals surface area (Å²) in [6.45, 7) is -0.796. The number of ether oxygens (including phenoxy) is 1. The molecule has 0 bridgehead atoms. The van der Waals surface area contributed by atoms with Crippen LogP contribution in [0.5, 0.6) is 0 Å². The average molecular weight is 413 g/mol. The Labute approximate surface area is 147 Å². The van der Waals surface area contributed by atoms with E-state index in [0.29, 0.717) is 0 Å². The summed E-state index contributed by atoms with van der Waals surface area (Å²) in [7, 11) is 0. The predicted octanol–water partition coefficient (Wildman–Crippen LogP) is 3.64. The Hall–Kier alpha value is -1.78. The average Bonchev–Trinajstić information content (AvgIpc) is 2.43. The lowest BCUT2D eigenvalue weighted by Crippen LogP contribution is -2.25. The third-order valence-corrected chi connectivity index (χ3v) is 2.51. The third-order valence-electron chi connectivity index (χ3n) is 2.02. The SMILES string of the molecule is O=C(O)C(Cl)(Cl)Cl.O=C(OCc1ccccc1[N+](=O)[O-])C(F)(F)F. The van der Waals surface area contributed by atoms with Crippen LogP contribution in [0.3, 0.4) is 0 Å². The molecule has 0 aliphatic heterocycles. The number of para-hydroxylation sites is 1. The number of aliphatic carboxylic acids is 1. The van der Waals surface area contributed by atoms with Gasteiger partial charge in [0, 0.05) is 6.07 Å². The van der Waals surface area contributed by atoms with Crippen molar-refractivity contribution in [2.45, 2.75) is 16.6 Å². The maximum Gasteiger partial charge on any atom is 0.490 e. The second kappa shape index (κ2) is 8.90. The van der Waals surface area contributed by atoms with Gasteiger partial charge in [0.1, 0.15) is 6.61 Å². The number of carbonyl (C=O) groups excluding carboxylic acids is 1. The zero-order chi connectivity index (χ0) is 19.1. The van der Waals surface area contributed by atoms with Crippen LogP contribution in [0, 0.1) is 10.1 Å². The second-order valence-corrected chi connectivity index (χ2v) is 6.04. The summed E-state index contributed by atoms with van der Waals surface area (Å²) in [5.74, 6) is -3.84. The second-order valence-electron chi connectivity index (χ2n) is 3.76. The van der Waals surface area contributed by atoms with E-state index in [-0.39, 0.29) is 5.56 Å². The van der Waals surface area contributed by atoms with Gasteiger partial charge in [-0.25, -0.2) is 9.59 Å². The zero-order valence-electron chi connectivity index (χ0n) is 11.2. The van der Waals surface area contributed by atoms with E-state index in [9.17, 15) is 32.9 Å². The van der Waals surface area contributed by atoms with Crippen molar-refractivity contribution in [1.29, 1.82) is 0 Å². The highest BCUT2D eigenvalue weighted by atomic mass is 35.6. The molecule has 0 atom stereocenters. The molecular formula is C11H7Cl3F3NO6. The van der Waals surface area contributed by atoms with E-state index in [1.54, 1.807) is 0 Å². The number of carboxylic acid groups (broad SMARTS) is 1. The van der Waals surface area contributed by atoms with E-state index in [4.69, 9.17) is 39.9 Å². The number of hydrogen-bond donors (Lipinski definition) is 1. The molecule has 1 rings (SSSR count).